The van der Waals surface area contributed by atoms with Crippen LogP contribution in [0, 0.1) is 0 Å². The van der Waals surface area contributed by atoms with Crippen molar-refractivity contribution >= 4 is 11.6 Å². The lowest BCUT2D eigenvalue weighted by Crippen LogP contribution is -2.42. The number of anilines is 1. The molecule has 4 nitrogen and oxygen atoms in total. The molecular formula is C18H29NO3. The number of hydrogen-bond acceptors (Lipinski definition) is 3. The maximum absolute atomic E-state index is 12.4. The molecular weight excluding hydrogens is 278 g/mol. The van der Waals surface area contributed by atoms with Crippen LogP contribution in [0.15, 0.2) is 24.3 Å². The summed E-state index contributed by atoms with van der Waals surface area (Å²) in [5, 5.41) is 2.92. The van der Waals surface area contributed by atoms with Gasteiger partial charge in [0.15, 0.2) is 0 Å². The average Bonchev–Trinajstić information content (AvgIpc) is 2.54. The molecule has 0 fully saturated rings. The van der Waals surface area contributed by atoms with Crippen molar-refractivity contribution in [2.45, 2.75) is 59.0 Å². The Bertz CT molecular complexity index is 444. The molecule has 0 heterocycles. The fraction of sp³-hybridized carbons (Fsp3) is 0.611. The van der Waals surface area contributed by atoms with E-state index in [-0.39, 0.29) is 5.91 Å². The highest BCUT2D eigenvalue weighted by molar-refractivity contribution is 5.97. The normalized spacial score (nSPS) is 13.5. The Morgan fingerprint density at radius 3 is 2.32 bits per heavy atom. The van der Waals surface area contributed by atoms with E-state index in [0.717, 1.165) is 37.3 Å². The standard InChI is InChI=1S/C18H29NO3/c1-5-8-14-21-16-11-9-15(10-12-16)19-17(20)18(4,7-3)22-13-6-2/h9-12H,5-8,13-14H2,1-4H3,(H,19,20)/t18-/m0/s1. The second-order valence-electron chi connectivity index (χ2n) is 5.61. The van der Waals surface area contributed by atoms with Crippen LogP contribution in [-0.4, -0.2) is 24.7 Å². The van der Waals surface area contributed by atoms with Crippen LogP contribution in [0.5, 0.6) is 5.75 Å². The molecule has 0 spiro atoms. The molecule has 0 aliphatic heterocycles. The first-order chi connectivity index (χ1) is 10.6. The molecule has 1 N–H and O–H groups in total. The maximum Gasteiger partial charge on any atom is 0.256 e. The second-order valence-corrected chi connectivity index (χ2v) is 5.61. The average molecular weight is 307 g/mol. The minimum absolute atomic E-state index is 0.108. The first kappa shape index (κ1) is 18.5. The number of ether oxygens (including phenoxy) is 2. The van der Waals surface area contributed by atoms with Crippen molar-refractivity contribution < 1.29 is 14.3 Å². The smallest absolute Gasteiger partial charge is 0.256 e. The van der Waals surface area contributed by atoms with Gasteiger partial charge in [-0.2, -0.15) is 0 Å². The Labute approximate surface area is 134 Å². The van der Waals surface area contributed by atoms with E-state index in [2.05, 4.69) is 12.2 Å². The number of carbonyl (C=O) groups is 1. The van der Waals surface area contributed by atoms with Gasteiger partial charge in [-0.1, -0.05) is 27.2 Å². The summed E-state index contributed by atoms with van der Waals surface area (Å²) in [4.78, 5) is 12.4. The zero-order valence-corrected chi connectivity index (χ0v) is 14.3. The van der Waals surface area contributed by atoms with Gasteiger partial charge in [0.2, 0.25) is 0 Å². The molecule has 0 aliphatic rings. The lowest BCUT2D eigenvalue weighted by molar-refractivity contribution is -0.139. The first-order valence-corrected chi connectivity index (χ1v) is 8.24. The third-order valence-corrected chi connectivity index (χ3v) is 3.66. The summed E-state index contributed by atoms with van der Waals surface area (Å²) in [6, 6.07) is 7.47. The van der Waals surface area contributed by atoms with Gasteiger partial charge in [0.25, 0.3) is 5.91 Å². The van der Waals surface area contributed by atoms with E-state index >= 15 is 0 Å². The number of carbonyl (C=O) groups excluding carboxylic acids is 1. The van der Waals surface area contributed by atoms with Crippen molar-refractivity contribution in [2.75, 3.05) is 18.5 Å². The quantitative estimate of drug-likeness (QED) is 0.652. The number of rotatable bonds is 10. The van der Waals surface area contributed by atoms with Gasteiger partial charge in [0.05, 0.1) is 6.61 Å². The Morgan fingerprint density at radius 2 is 1.77 bits per heavy atom. The van der Waals surface area contributed by atoms with Gasteiger partial charge in [-0.05, 0) is 50.5 Å². The lowest BCUT2D eigenvalue weighted by Gasteiger charge is -2.27. The number of unbranched alkanes of at least 4 members (excludes halogenated alkanes) is 1. The third kappa shape index (κ3) is 5.68. The van der Waals surface area contributed by atoms with Crippen LogP contribution in [0.3, 0.4) is 0 Å². The summed E-state index contributed by atoms with van der Waals surface area (Å²) >= 11 is 0. The van der Waals surface area contributed by atoms with Crippen molar-refractivity contribution in [3.8, 4) is 5.75 Å². The zero-order chi connectivity index (χ0) is 16.4. The van der Waals surface area contributed by atoms with Crippen molar-refractivity contribution in [3.63, 3.8) is 0 Å². The first-order valence-electron chi connectivity index (χ1n) is 8.24. The molecule has 0 saturated carbocycles. The van der Waals surface area contributed by atoms with Crippen LogP contribution in [0.25, 0.3) is 0 Å². The molecule has 1 rings (SSSR count). The lowest BCUT2D eigenvalue weighted by atomic mass is 10.0. The zero-order valence-electron chi connectivity index (χ0n) is 14.3. The van der Waals surface area contributed by atoms with E-state index in [1.165, 1.54) is 0 Å². The van der Waals surface area contributed by atoms with E-state index in [0.29, 0.717) is 13.0 Å². The summed E-state index contributed by atoms with van der Waals surface area (Å²) in [7, 11) is 0. The van der Waals surface area contributed by atoms with E-state index in [9.17, 15) is 4.79 Å². The van der Waals surface area contributed by atoms with Crippen LogP contribution < -0.4 is 10.1 Å². The summed E-state index contributed by atoms with van der Waals surface area (Å²) in [6.45, 7) is 9.27. The molecule has 0 aromatic heterocycles. The van der Waals surface area contributed by atoms with Gasteiger partial charge in [-0.3, -0.25) is 4.79 Å². The SMILES string of the molecule is CCCCOc1ccc(NC(=O)[C@](C)(CC)OCCC)cc1. The van der Waals surface area contributed by atoms with Gasteiger partial charge in [-0.25, -0.2) is 0 Å². The van der Waals surface area contributed by atoms with E-state index < -0.39 is 5.60 Å². The van der Waals surface area contributed by atoms with Crippen molar-refractivity contribution in [3.05, 3.63) is 24.3 Å². The van der Waals surface area contributed by atoms with Gasteiger partial charge in [-0.15, -0.1) is 0 Å². The molecule has 0 aliphatic carbocycles. The highest BCUT2D eigenvalue weighted by Gasteiger charge is 2.32. The summed E-state index contributed by atoms with van der Waals surface area (Å²) in [6.07, 6.45) is 3.69. The molecule has 4 heteroatoms. The van der Waals surface area contributed by atoms with Crippen molar-refractivity contribution in [1.29, 1.82) is 0 Å². The number of benzene rings is 1. The van der Waals surface area contributed by atoms with Gasteiger partial charge in [0, 0.05) is 12.3 Å². The molecule has 0 saturated heterocycles. The number of hydrogen-bond donors (Lipinski definition) is 1. The highest BCUT2D eigenvalue weighted by Crippen LogP contribution is 2.21. The second kappa shape index (κ2) is 9.46. The molecule has 0 radical (unpaired) electrons. The van der Waals surface area contributed by atoms with Crippen molar-refractivity contribution in [1.82, 2.24) is 0 Å². The Kier molecular flexibility index (Phi) is 7.96. The van der Waals surface area contributed by atoms with Gasteiger partial charge < -0.3 is 14.8 Å². The fourth-order valence-corrected chi connectivity index (χ4v) is 1.89. The number of amides is 1. The third-order valence-electron chi connectivity index (χ3n) is 3.66. The molecule has 22 heavy (non-hydrogen) atoms. The highest BCUT2D eigenvalue weighted by atomic mass is 16.5. The molecule has 124 valence electrons. The molecule has 1 aromatic rings. The van der Waals surface area contributed by atoms with Crippen LogP contribution >= 0.6 is 0 Å². The molecule has 0 unspecified atom stereocenters. The Morgan fingerprint density at radius 1 is 1.09 bits per heavy atom. The predicted octanol–water partition coefficient (Wildman–Crippen LogP) is 4.40. The van der Waals surface area contributed by atoms with Gasteiger partial charge in [0.1, 0.15) is 11.4 Å². The summed E-state index contributed by atoms with van der Waals surface area (Å²) in [5.74, 6) is 0.718. The fourth-order valence-electron chi connectivity index (χ4n) is 1.89. The monoisotopic (exact) mass is 307 g/mol. The minimum Gasteiger partial charge on any atom is -0.494 e. The minimum atomic E-state index is -0.785. The van der Waals surface area contributed by atoms with Crippen LogP contribution in [-0.2, 0) is 9.53 Å². The molecule has 1 aromatic carbocycles. The van der Waals surface area contributed by atoms with E-state index in [1.807, 2.05) is 45.0 Å². The summed E-state index contributed by atoms with van der Waals surface area (Å²) in [5.41, 5.74) is -0.0284. The van der Waals surface area contributed by atoms with Crippen LogP contribution in [0.2, 0.25) is 0 Å². The largest absolute Gasteiger partial charge is 0.494 e. The number of nitrogens with one attached hydrogen (secondary N) is 1. The van der Waals surface area contributed by atoms with Crippen LogP contribution in [0.4, 0.5) is 5.69 Å². The van der Waals surface area contributed by atoms with Crippen LogP contribution in [0.1, 0.15) is 53.4 Å². The Balaban J connectivity index is 2.59. The van der Waals surface area contributed by atoms with E-state index in [1.54, 1.807) is 0 Å². The molecule has 1 amide bonds. The maximum atomic E-state index is 12.4. The molecule has 0 bridgehead atoms. The Hall–Kier alpha value is -1.55. The van der Waals surface area contributed by atoms with E-state index in [4.69, 9.17) is 9.47 Å². The molecule has 1 atom stereocenters. The predicted molar refractivity (Wildman–Crippen MR) is 90.4 cm³/mol. The van der Waals surface area contributed by atoms with Crippen molar-refractivity contribution in [2.24, 2.45) is 0 Å². The van der Waals surface area contributed by atoms with Gasteiger partial charge >= 0.3 is 0 Å². The summed E-state index contributed by atoms with van der Waals surface area (Å²) < 4.78 is 11.3. The topological polar surface area (TPSA) is 47.6 Å².